The number of H-pyrrole nitrogens is 1. The van der Waals surface area contributed by atoms with Crippen molar-refractivity contribution in [2.24, 2.45) is 0 Å². The van der Waals surface area contributed by atoms with E-state index in [1.807, 2.05) is 12.1 Å². The van der Waals surface area contributed by atoms with Crippen molar-refractivity contribution >= 4 is 16.7 Å². The number of nitrogens with zero attached hydrogens (tertiary/aromatic N) is 4. The number of nitrogens with one attached hydrogen (secondary N) is 1. The van der Waals surface area contributed by atoms with Crippen molar-refractivity contribution in [2.45, 2.75) is 13.5 Å². The molecule has 28 heavy (non-hydrogen) atoms. The van der Waals surface area contributed by atoms with Crippen molar-refractivity contribution in [3.05, 3.63) is 69.4 Å². The summed E-state index contributed by atoms with van der Waals surface area (Å²) in [7, 11) is 0. The minimum absolute atomic E-state index is 0. The highest BCUT2D eigenvalue weighted by atomic mass is 19.1. The van der Waals surface area contributed by atoms with Gasteiger partial charge in [0.05, 0.1) is 11.1 Å². The van der Waals surface area contributed by atoms with Crippen LogP contribution >= 0.6 is 0 Å². The van der Waals surface area contributed by atoms with Gasteiger partial charge >= 0.3 is 0 Å². The van der Waals surface area contributed by atoms with Crippen molar-refractivity contribution < 1.29 is 5.82 Å². The third-order valence-corrected chi connectivity index (χ3v) is 5.14. The number of piperazine rings is 1. The molecule has 1 aliphatic rings. The second kappa shape index (κ2) is 7.41. The molecular formula is C21H22FN5O. The molecule has 144 valence electrons. The Hall–Kier alpha value is -3.24. The van der Waals surface area contributed by atoms with Gasteiger partial charge in [0.15, 0.2) is 0 Å². The Labute approximate surface area is 163 Å². The summed E-state index contributed by atoms with van der Waals surface area (Å²) in [5, 5.41) is 9.31. The number of hydrogen-bond donors (Lipinski definition) is 1. The number of anilines is 1. The number of halogens is 1. The van der Waals surface area contributed by atoms with Gasteiger partial charge in [0.1, 0.15) is 17.7 Å². The minimum atomic E-state index is -0.313. The van der Waals surface area contributed by atoms with Crippen molar-refractivity contribution in [3.63, 3.8) is 0 Å². The van der Waals surface area contributed by atoms with Gasteiger partial charge in [-0.1, -0.05) is 0 Å². The van der Waals surface area contributed by atoms with Gasteiger partial charge in [0, 0.05) is 51.3 Å². The van der Waals surface area contributed by atoms with Gasteiger partial charge in [-0.05, 0) is 42.8 Å². The monoisotopic (exact) mass is 379 g/mol. The van der Waals surface area contributed by atoms with Crippen LogP contribution in [0.1, 0.15) is 18.1 Å². The van der Waals surface area contributed by atoms with Gasteiger partial charge in [0.25, 0.3) is 5.56 Å². The number of aryl methyl sites for hydroxylation is 1. The molecule has 0 amide bonds. The molecule has 1 N–H and O–H groups in total. The predicted molar refractivity (Wildman–Crippen MR) is 108 cm³/mol. The van der Waals surface area contributed by atoms with Gasteiger partial charge in [0.2, 0.25) is 0 Å². The summed E-state index contributed by atoms with van der Waals surface area (Å²) < 4.78 is 14.5. The molecule has 4 rings (SSSR count). The van der Waals surface area contributed by atoms with Crippen LogP contribution in [0.5, 0.6) is 0 Å². The fourth-order valence-corrected chi connectivity index (χ4v) is 3.55. The van der Waals surface area contributed by atoms with Gasteiger partial charge in [-0.25, -0.2) is 9.37 Å². The molecule has 0 saturated carbocycles. The first-order chi connectivity index (χ1) is 13.5. The molecule has 0 radical (unpaired) electrons. The summed E-state index contributed by atoms with van der Waals surface area (Å²) in [4.78, 5) is 23.4. The van der Waals surface area contributed by atoms with E-state index >= 15 is 0 Å². The van der Waals surface area contributed by atoms with Crippen LogP contribution in [0.3, 0.4) is 0 Å². The zero-order valence-corrected chi connectivity index (χ0v) is 15.6. The van der Waals surface area contributed by atoms with Gasteiger partial charge in [-0.15, -0.1) is 0 Å². The summed E-state index contributed by atoms with van der Waals surface area (Å²) in [6, 6.07) is 10.7. The standard InChI is InChI=1S/C21H20FN5O.H2/c1-14-8-17-18(22)9-16(10-19(17)25-21(14)28)13-26-4-6-27(7-5-26)20-3-2-15(11-23)12-24-20;/h2-3,8-10,12H,4-7,13H2,1H3,(H,25,28);1H. The largest absolute Gasteiger partial charge is 0.354 e. The number of fused-ring (bicyclic) bond motifs is 1. The van der Waals surface area contributed by atoms with Crippen molar-refractivity contribution in [1.29, 1.82) is 5.26 Å². The number of hydrogen-bond acceptors (Lipinski definition) is 5. The summed E-state index contributed by atoms with van der Waals surface area (Å²) in [6.45, 7) is 5.57. The van der Waals surface area contributed by atoms with Crippen LogP contribution in [0.15, 0.2) is 41.3 Å². The van der Waals surface area contributed by atoms with Crippen molar-refractivity contribution in [1.82, 2.24) is 14.9 Å². The van der Waals surface area contributed by atoms with Gasteiger partial charge < -0.3 is 9.88 Å². The maximum Gasteiger partial charge on any atom is 0.251 e. The molecule has 3 heterocycles. The summed E-state index contributed by atoms with van der Waals surface area (Å²) in [5.74, 6) is 0.551. The average Bonchev–Trinajstić information content (AvgIpc) is 2.70. The average molecular weight is 379 g/mol. The van der Waals surface area contributed by atoms with E-state index in [1.54, 1.807) is 31.3 Å². The van der Waals surface area contributed by atoms with Crippen molar-refractivity contribution in [2.75, 3.05) is 31.1 Å². The highest BCUT2D eigenvalue weighted by molar-refractivity contribution is 5.80. The third kappa shape index (κ3) is 3.59. The zero-order valence-electron chi connectivity index (χ0n) is 15.6. The molecule has 1 fully saturated rings. The lowest BCUT2D eigenvalue weighted by Crippen LogP contribution is -2.46. The topological polar surface area (TPSA) is 76.0 Å². The molecule has 2 aromatic heterocycles. The number of benzene rings is 1. The molecule has 3 aromatic rings. The Morgan fingerprint density at radius 2 is 2.04 bits per heavy atom. The van der Waals surface area contributed by atoms with E-state index in [-0.39, 0.29) is 12.8 Å². The summed E-state index contributed by atoms with van der Waals surface area (Å²) in [6.07, 6.45) is 1.59. The smallest absolute Gasteiger partial charge is 0.251 e. The first kappa shape index (κ1) is 18.1. The van der Waals surface area contributed by atoms with Crippen LogP contribution in [0.2, 0.25) is 0 Å². The maximum atomic E-state index is 14.5. The number of pyridine rings is 2. The number of aromatic nitrogens is 2. The molecule has 1 aliphatic heterocycles. The highest BCUT2D eigenvalue weighted by Gasteiger charge is 2.19. The van der Waals surface area contributed by atoms with E-state index in [2.05, 4.69) is 25.8 Å². The fourth-order valence-electron chi connectivity index (χ4n) is 3.55. The lowest BCUT2D eigenvalue weighted by atomic mass is 10.1. The number of rotatable bonds is 3. The number of aromatic amines is 1. The van der Waals surface area contributed by atoms with Crippen molar-refractivity contribution in [3.8, 4) is 6.07 Å². The Balaban J connectivity index is 0.00000240. The normalized spacial score (nSPS) is 15.0. The molecule has 0 atom stereocenters. The van der Waals surface area contributed by atoms with Crippen LogP contribution in [-0.2, 0) is 6.54 Å². The SMILES string of the molecule is Cc1cc2c(F)cc(CN3CCN(c4ccc(C#N)cn4)CC3)cc2[nH]c1=O.[HH]. The first-order valence-corrected chi connectivity index (χ1v) is 9.19. The lowest BCUT2D eigenvalue weighted by Gasteiger charge is -2.35. The van der Waals surface area contributed by atoms with E-state index in [4.69, 9.17) is 5.26 Å². The van der Waals surface area contributed by atoms with E-state index in [9.17, 15) is 9.18 Å². The molecule has 6 nitrogen and oxygen atoms in total. The van der Waals surface area contributed by atoms with Gasteiger partial charge in [-0.3, -0.25) is 9.69 Å². The predicted octanol–water partition coefficient (Wildman–Crippen LogP) is 2.81. The van der Waals surface area contributed by atoms with Crippen LogP contribution in [0.4, 0.5) is 10.2 Å². The van der Waals surface area contributed by atoms with Gasteiger partial charge in [-0.2, -0.15) is 5.26 Å². The second-order valence-electron chi connectivity index (χ2n) is 7.10. The van der Waals surface area contributed by atoms with Crippen LogP contribution in [0, 0.1) is 24.1 Å². The lowest BCUT2D eigenvalue weighted by molar-refractivity contribution is 0.249. The Kier molecular flexibility index (Phi) is 4.80. The van der Waals surface area contributed by atoms with E-state index < -0.39 is 0 Å². The number of nitriles is 1. The third-order valence-electron chi connectivity index (χ3n) is 5.14. The van der Waals surface area contributed by atoms with E-state index in [0.717, 1.165) is 37.6 Å². The van der Waals surface area contributed by atoms with Crippen LogP contribution < -0.4 is 10.5 Å². The molecule has 0 unspecified atom stereocenters. The highest BCUT2D eigenvalue weighted by Crippen LogP contribution is 2.20. The molecule has 1 saturated heterocycles. The fraction of sp³-hybridized carbons (Fsp3) is 0.286. The van der Waals surface area contributed by atoms with Crippen LogP contribution in [0.25, 0.3) is 10.9 Å². The van der Waals surface area contributed by atoms with E-state index in [1.165, 1.54) is 0 Å². The van der Waals surface area contributed by atoms with Crippen LogP contribution in [-0.4, -0.2) is 41.0 Å². The quantitative estimate of drug-likeness (QED) is 0.757. The first-order valence-electron chi connectivity index (χ1n) is 9.19. The molecule has 1 aromatic carbocycles. The second-order valence-corrected chi connectivity index (χ2v) is 7.10. The molecular weight excluding hydrogens is 357 g/mol. The zero-order chi connectivity index (χ0) is 19.7. The molecule has 0 spiro atoms. The maximum absolute atomic E-state index is 14.5. The summed E-state index contributed by atoms with van der Waals surface area (Å²) >= 11 is 0. The molecule has 0 aliphatic carbocycles. The van der Waals surface area contributed by atoms with E-state index in [0.29, 0.717) is 28.6 Å². The Bertz CT molecular complexity index is 1110. The Morgan fingerprint density at radius 3 is 2.71 bits per heavy atom. The summed E-state index contributed by atoms with van der Waals surface area (Å²) in [5.41, 5.74) is 2.24. The minimum Gasteiger partial charge on any atom is -0.354 e. The molecule has 7 heteroatoms. The molecule has 0 bridgehead atoms. The Morgan fingerprint density at radius 1 is 1.25 bits per heavy atom.